The quantitative estimate of drug-likeness (QED) is 0.185. The topological polar surface area (TPSA) is 90.9 Å². The van der Waals surface area contributed by atoms with Crippen LogP contribution in [0.1, 0.15) is 11.3 Å². The van der Waals surface area contributed by atoms with Crippen LogP contribution in [0.4, 0.5) is 18.9 Å². The summed E-state index contributed by atoms with van der Waals surface area (Å²) >= 11 is 0. The van der Waals surface area contributed by atoms with Gasteiger partial charge in [-0.1, -0.05) is 18.2 Å². The van der Waals surface area contributed by atoms with E-state index in [1.54, 1.807) is 49.5 Å². The molecule has 0 fully saturated rings. The lowest BCUT2D eigenvalue weighted by atomic mass is 10.0. The van der Waals surface area contributed by atoms with E-state index in [1.165, 1.54) is 22.8 Å². The Hall–Kier alpha value is -4.60. The molecule has 10 heteroatoms. The molecular formula is C25H15F3N4O3. The summed E-state index contributed by atoms with van der Waals surface area (Å²) in [4.78, 5) is 31.9. The molecule has 0 bridgehead atoms. The first-order valence-electron chi connectivity index (χ1n) is 10.4. The maximum atomic E-state index is 13.0. The number of hydrogen-bond donors (Lipinski definition) is 0. The fourth-order valence-electron chi connectivity index (χ4n) is 4.01. The van der Waals surface area contributed by atoms with Crippen molar-refractivity contribution < 1.29 is 18.1 Å². The third kappa shape index (κ3) is 3.88. The molecule has 0 N–H and O–H groups in total. The molecule has 7 nitrogen and oxygen atoms in total. The Bertz CT molecular complexity index is 1690. The predicted octanol–water partition coefficient (Wildman–Crippen LogP) is 5.84. The van der Waals surface area contributed by atoms with Crippen molar-refractivity contribution in [2.45, 2.75) is 13.1 Å². The molecular weight excluding hydrogens is 461 g/mol. The van der Waals surface area contributed by atoms with E-state index in [1.807, 2.05) is 0 Å². The Kier molecular flexibility index (Phi) is 5.08. The molecule has 0 spiro atoms. The van der Waals surface area contributed by atoms with Gasteiger partial charge in [-0.05, 0) is 42.8 Å². The Balaban J connectivity index is 1.78. The van der Waals surface area contributed by atoms with Gasteiger partial charge in [0.05, 0.1) is 21.6 Å². The van der Waals surface area contributed by atoms with E-state index in [0.717, 1.165) is 12.3 Å². The molecule has 0 radical (unpaired) electrons. The van der Waals surface area contributed by atoms with Crippen LogP contribution in [-0.2, 0) is 6.18 Å². The molecule has 5 aromatic rings. The standard InChI is InChI=1S/C25H15F3N4O3/c1-14-2-6-18(11-21(14)32(34)35)31-23(33)9-5-17-13-29-20-7-3-15(10-19(20)24(17)31)16-4-8-22(30-12-16)25(26,27)28/h2-13H,1H3. The first-order chi connectivity index (χ1) is 16.6. The summed E-state index contributed by atoms with van der Waals surface area (Å²) in [7, 11) is 0. The molecule has 3 aromatic heterocycles. The molecule has 174 valence electrons. The minimum Gasteiger partial charge on any atom is -0.276 e. The lowest BCUT2D eigenvalue weighted by molar-refractivity contribution is -0.385. The summed E-state index contributed by atoms with van der Waals surface area (Å²) in [5, 5.41) is 12.7. The maximum Gasteiger partial charge on any atom is 0.433 e. The number of aryl methyl sites for hydroxylation is 1. The van der Waals surface area contributed by atoms with Crippen LogP contribution in [0, 0.1) is 17.0 Å². The number of nitrogens with zero attached hydrogens (tertiary/aromatic N) is 4. The van der Waals surface area contributed by atoms with Crippen molar-refractivity contribution in [3.05, 3.63) is 105 Å². The van der Waals surface area contributed by atoms with Gasteiger partial charge >= 0.3 is 6.18 Å². The number of nitro benzene ring substituents is 1. The average Bonchev–Trinajstić information content (AvgIpc) is 2.83. The van der Waals surface area contributed by atoms with Gasteiger partial charge in [-0.3, -0.25) is 29.4 Å². The summed E-state index contributed by atoms with van der Waals surface area (Å²) in [5.74, 6) is 0. The second-order valence-electron chi connectivity index (χ2n) is 7.96. The fourth-order valence-corrected chi connectivity index (χ4v) is 4.01. The van der Waals surface area contributed by atoms with Crippen LogP contribution in [0.3, 0.4) is 0 Å². The third-order valence-corrected chi connectivity index (χ3v) is 5.75. The van der Waals surface area contributed by atoms with Crippen molar-refractivity contribution in [3.63, 3.8) is 0 Å². The SMILES string of the molecule is Cc1ccc(-n2c(=O)ccc3cnc4ccc(-c5ccc(C(F)(F)F)nc5)cc4c32)cc1[N+](=O)[O-]. The van der Waals surface area contributed by atoms with Gasteiger partial charge < -0.3 is 0 Å². The lowest BCUT2D eigenvalue weighted by Gasteiger charge is -2.14. The summed E-state index contributed by atoms with van der Waals surface area (Å²) in [5.41, 5.74) is 1.29. The van der Waals surface area contributed by atoms with Gasteiger partial charge in [0.15, 0.2) is 0 Å². The Morgan fingerprint density at radius 2 is 1.69 bits per heavy atom. The van der Waals surface area contributed by atoms with Crippen molar-refractivity contribution in [1.29, 1.82) is 0 Å². The van der Waals surface area contributed by atoms with Crippen LogP contribution in [0.2, 0.25) is 0 Å². The summed E-state index contributed by atoms with van der Waals surface area (Å²) < 4.78 is 40.1. The Morgan fingerprint density at radius 3 is 2.37 bits per heavy atom. The number of halogens is 3. The van der Waals surface area contributed by atoms with Gasteiger partial charge in [0.2, 0.25) is 0 Å². The van der Waals surface area contributed by atoms with E-state index in [9.17, 15) is 28.1 Å². The van der Waals surface area contributed by atoms with Gasteiger partial charge in [0.1, 0.15) is 5.69 Å². The van der Waals surface area contributed by atoms with Gasteiger partial charge in [-0.2, -0.15) is 13.2 Å². The molecule has 5 rings (SSSR count). The third-order valence-electron chi connectivity index (χ3n) is 5.75. The number of aromatic nitrogens is 3. The van der Waals surface area contributed by atoms with Gasteiger partial charge in [0, 0.05) is 46.4 Å². The van der Waals surface area contributed by atoms with E-state index in [0.29, 0.717) is 44.2 Å². The molecule has 0 amide bonds. The van der Waals surface area contributed by atoms with Crippen LogP contribution < -0.4 is 5.56 Å². The molecule has 0 unspecified atom stereocenters. The first kappa shape index (κ1) is 22.2. The molecule has 0 saturated heterocycles. The van der Waals surface area contributed by atoms with Gasteiger partial charge in [-0.15, -0.1) is 0 Å². The first-order valence-corrected chi connectivity index (χ1v) is 10.4. The highest BCUT2D eigenvalue weighted by molar-refractivity contribution is 6.05. The Morgan fingerprint density at radius 1 is 0.914 bits per heavy atom. The van der Waals surface area contributed by atoms with E-state index >= 15 is 0 Å². The van der Waals surface area contributed by atoms with Crippen LogP contribution in [0.5, 0.6) is 0 Å². The minimum atomic E-state index is -4.55. The molecule has 2 aromatic carbocycles. The zero-order chi connectivity index (χ0) is 24.9. The van der Waals surface area contributed by atoms with Crippen LogP contribution >= 0.6 is 0 Å². The normalized spacial score (nSPS) is 11.8. The molecule has 0 aliphatic heterocycles. The predicted molar refractivity (Wildman–Crippen MR) is 124 cm³/mol. The summed E-state index contributed by atoms with van der Waals surface area (Å²) in [6.45, 7) is 1.61. The highest BCUT2D eigenvalue weighted by atomic mass is 19.4. The van der Waals surface area contributed by atoms with Crippen LogP contribution in [-0.4, -0.2) is 19.5 Å². The highest BCUT2D eigenvalue weighted by Gasteiger charge is 2.32. The fraction of sp³-hybridized carbons (Fsp3) is 0.0800. The van der Waals surface area contributed by atoms with E-state index in [-0.39, 0.29) is 5.69 Å². The van der Waals surface area contributed by atoms with E-state index in [2.05, 4.69) is 9.97 Å². The number of benzene rings is 2. The Labute approximate surface area is 195 Å². The maximum absolute atomic E-state index is 13.0. The van der Waals surface area contributed by atoms with Crippen molar-refractivity contribution in [2.75, 3.05) is 0 Å². The zero-order valence-corrected chi connectivity index (χ0v) is 18.1. The van der Waals surface area contributed by atoms with Gasteiger partial charge in [0.25, 0.3) is 11.2 Å². The van der Waals surface area contributed by atoms with Crippen molar-refractivity contribution in [3.8, 4) is 16.8 Å². The van der Waals surface area contributed by atoms with Crippen molar-refractivity contribution in [2.24, 2.45) is 0 Å². The minimum absolute atomic E-state index is 0.124. The largest absolute Gasteiger partial charge is 0.433 e. The smallest absolute Gasteiger partial charge is 0.276 e. The second kappa shape index (κ2) is 8.01. The molecule has 0 atom stereocenters. The number of rotatable bonds is 3. The number of pyridine rings is 3. The second-order valence-corrected chi connectivity index (χ2v) is 7.96. The molecule has 35 heavy (non-hydrogen) atoms. The number of hydrogen-bond acceptors (Lipinski definition) is 5. The molecule has 0 saturated carbocycles. The molecule has 3 heterocycles. The van der Waals surface area contributed by atoms with Gasteiger partial charge in [-0.25, -0.2) is 0 Å². The van der Waals surface area contributed by atoms with Crippen molar-refractivity contribution >= 4 is 27.5 Å². The van der Waals surface area contributed by atoms with E-state index in [4.69, 9.17) is 0 Å². The number of nitro groups is 1. The van der Waals surface area contributed by atoms with E-state index < -0.39 is 22.4 Å². The average molecular weight is 476 g/mol. The summed E-state index contributed by atoms with van der Waals surface area (Å²) in [6.07, 6.45) is -1.82. The lowest BCUT2D eigenvalue weighted by Crippen LogP contribution is -2.18. The zero-order valence-electron chi connectivity index (χ0n) is 18.1. The highest BCUT2D eigenvalue weighted by Crippen LogP contribution is 2.32. The van der Waals surface area contributed by atoms with Crippen LogP contribution in [0.15, 0.2) is 77.9 Å². The monoisotopic (exact) mass is 476 g/mol. The van der Waals surface area contributed by atoms with Crippen LogP contribution in [0.25, 0.3) is 38.6 Å². The number of fused-ring (bicyclic) bond motifs is 3. The van der Waals surface area contributed by atoms with Crippen molar-refractivity contribution in [1.82, 2.24) is 14.5 Å². The summed E-state index contributed by atoms with van der Waals surface area (Å²) in [6, 6.07) is 14.8. The molecule has 0 aliphatic rings. The number of alkyl halides is 3. The molecule has 0 aliphatic carbocycles.